The van der Waals surface area contributed by atoms with Crippen LogP contribution in [0.3, 0.4) is 0 Å². The number of amides is 1. The molecule has 0 saturated heterocycles. The molecule has 142 valence electrons. The zero-order valence-corrected chi connectivity index (χ0v) is 16.2. The van der Waals surface area contributed by atoms with Crippen LogP contribution in [-0.2, 0) is 4.74 Å². The molecule has 0 radical (unpaired) electrons. The second-order valence-electron chi connectivity index (χ2n) is 8.13. The van der Waals surface area contributed by atoms with Gasteiger partial charge in [-0.05, 0) is 46.0 Å². The number of rotatable bonds is 5. The van der Waals surface area contributed by atoms with E-state index in [9.17, 15) is 4.79 Å². The second-order valence-corrected chi connectivity index (χ2v) is 8.13. The van der Waals surface area contributed by atoms with E-state index < -0.39 is 5.60 Å². The van der Waals surface area contributed by atoms with E-state index in [4.69, 9.17) is 9.72 Å². The van der Waals surface area contributed by atoms with Gasteiger partial charge in [-0.3, -0.25) is 0 Å². The van der Waals surface area contributed by atoms with Crippen LogP contribution < -0.4 is 10.6 Å². The Hall–Kier alpha value is -2.31. The first-order valence-electron chi connectivity index (χ1n) is 9.36. The van der Waals surface area contributed by atoms with E-state index in [-0.39, 0.29) is 12.1 Å². The Balaban J connectivity index is 1.61. The number of ether oxygens (including phenoxy) is 1. The molecule has 2 heterocycles. The van der Waals surface area contributed by atoms with Crippen LogP contribution in [0.1, 0.15) is 65.5 Å². The van der Waals surface area contributed by atoms with Gasteiger partial charge in [-0.15, -0.1) is 0 Å². The Bertz CT molecular complexity index is 774. The smallest absolute Gasteiger partial charge is 0.407 e. The molecule has 0 spiro atoms. The molecule has 0 bridgehead atoms. The number of carbonyl (C=O) groups excluding carboxylic acids is 1. The van der Waals surface area contributed by atoms with Crippen molar-refractivity contribution in [2.45, 2.75) is 77.5 Å². The molecule has 7 nitrogen and oxygen atoms in total. The minimum atomic E-state index is -0.472. The summed E-state index contributed by atoms with van der Waals surface area (Å²) in [6.07, 6.45) is 4.19. The highest BCUT2D eigenvalue weighted by Crippen LogP contribution is 2.27. The summed E-state index contributed by atoms with van der Waals surface area (Å²) >= 11 is 0. The molecular formula is C19H29N5O2. The summed E-state index contributed by atoms with van der Waals surface area (Å²) in [6.45, 7) is 9.95. The lowest BCUT2D eigenvalue weighted by molar-refractivity contribution is 0.0475. The van der Waals surface area contributed by atoms with Crippen molar-refractivity contribution < 1.29 is 9.53 Å². The number of carbonyl (C=O) groups is 1. The van der Waals surface area contributed by atoms with Gasteiger partial charge in [0, 0.05) is 29.9 Å². The van der Waals surface area contributed by atoms with Gasteiger partial charge in [-0.25, -0.2) is 9.78 Å². The number of anilines is 1. The summed E-state index contributed by atoms with van der Waals surface area (Å²) in [5.74, 6) is 1.36. The third-order valence-electron chi connectivity index (χ3n) is 4.71. The minimum Gasteiger partial charge on any atom is -0.444 e. The van der Waals surface area contributed by atoms with Gasteiger partial charge in [0.15, 0.2) is 5.65 Å². The highest BCUT2D eigenvalue weighted by molar-refractivity contribution is 5.68. The maximum atomic E-state index is 11.8. The van der Waals surface area contributed by atoms with Gasteiger partial charge in [-0.1, -0.05) is 13.8 Å². The highest BCUT2D eigenvalue weighted by atomic mass is 16.6. The average Bonchev–Trinajstić information content (AvgIpc) is 2.98. The second kappa shape index (κ2) is 7.13. The Morgan fingerprint density at radius 2 is 2.12 bits per heavy atom. The predicted molar refractivity (Wildman–Crippen MR) is 101 cm³/mol. The van der Waals surface area contributed by atoms with Gasteiger partial charge >= 0.3 is 6.09 Å². The number of alkyl carbamates (subject to hydrolysis) is 1. The normalized spacial score (nSPS) is 21.1. The average molecular weight is 359 g/mol. The van der Waals surface area contributed by atoms with E-state index in [1.165, 1.54) is 0 Å². The van der Waals surface area contributed by atoms with Crippen molar-refractivity contribution in [3.05, 3.63) is 24.0 Å². The molecular weight excluding hydrogens is 330 g/mol. The van der Waals surface area contributed by atoms with E-state index in [0.29, 0.717) is 12.0 Å². The molecule has 1 atom stereocenters. The van der Waals surface area contributed by atoms with Crippen molar-refractivity contribution in [1.29, 1.82) is 0 Å². The van der Waals surface area contributed by atoms with Gasteiger partial charge in [0.1, 0.15) is 11.4 Å². The summed E-state index contributed by atoms with van der Waals surface area (Å²) < 4.78 is 7.14. The Morgan fingerprint density at radius 3 is 2.77 bits per heavy atom. The number of hydrogen-bond donors (Lipinski definition) is 2. The molecule has 0 aliphatic heterocycles. The quantitative estimate of drug-likeness (QED) is 0.850. The maximum Gasteiger partial charge on any atom is 0.407 e. The van der Waals surface area contributed by atoms with Crippen LogP contribution in [0.4, 0.5) is 10.6 Å². The fraction of sp³-hybridized carbons (Fsp3) is 0.632. The third-order valence-corrected chi connectivity index (χ3v) is 4.71. The first kappa shape index (κ1) is 18.5. The van der Waals surface area contributed by atoms with Crippen LogP contribution in [0, 0.1) is 0 Å². The van der Waals surface area contributed by atoms with Crippen LogP contribution >= 0.6 is 0 Å². The molecule has 7 heteroatoms. The van der Waals surface area contributed by atoms with E-state index in [2.05, 4.69) is 35.6 Å². The molecule has 3 rings (SSSR count). The molecule has 1 amide bonds. The van der Waals surface area contributed by atoms with Gasteiger partial charge in [-0.2, -0.15) is 9.61 Å². The molecule has 26 heavy (non-hydrogen) atoms. The van der Waals surface area contributed by atoms with Gasteiger partial charge in [0.05, 0.1) is 6.20 Å². The molecule has 1 aliphatic rings. The van der Waals surface area contributed by atoms with Crippen molar-refractivity contribution in [3.8, 4) is 0 Å². The Labute approximate surface area is 154 Å². The molecule has 2 aromatic rings. The number of hydrogen-bond acceptors (Lipinski definition) is 5. The van der Waals surface area contributed by atoms with E-state index in [1.54, 1.807) is 6.20 Å². The summed E-state index contributed by atoms with van der Waals surface area (Å²) in [6, 6.07) is 4.45. The number of nitrogens with one attached hydrogen (secondary N) is 2. The molecule has 1 unspecified atom stereocenters. The lowest BCUT2D eigenvalue weighted by Gasteiger charge is -2.37. The summed E-state index contributed by atoms with van der Waals surface area (Å²) in [5, 5.41) is 10.8. The zero-order valence-electron chi connectivity index (χ0n) is 16.2. The lowest BCUT2D eigenvalue weighted by atomic mass is 9.87. The van der Waals surface area contributed by atoms with E-state index in [0.717, 1.165) is 36.4 Å². The van der Waals surface area contributed by atoms with Crippen molar-refractivity contribution in [1.82, 2.24) is 19.9 Å². The lowest BCUT2D eigenvalue weighted by Crippen LogP contribution is -2.50. The highest BCUT2D eigenvalue weighted by Gasteiger charge is 2.32. The van der Waals surface area contributed by atoms with Crippen LogP contribution in [-0.4, -0.2) is 38.4 Å². The number of fused-ring (bicyclic) bond motifs is 1. The van der Waals surface area contributed by atoms with Crippen LogP contribution in [0.15, 0.2) is 18.3 Å². The molecule has 2 N–H and O–H groups in total. The summed E-state index contributed by atoms with van der Waals surface area (Å²) in [5.41, 5.74) is 1.46. The molecule has 2 aromatic heterocycles. The van der Waals surface area contributed by atoms with Crippen LogP contribution in [0.5, 0.6) is 0 Å². The van der Waals surface area contributed by atoms with Crippen LogP contribution in [0.25, 0.3) is 5.65 Å². The zero-order chi connectivity index (χ0) is 18.9. The molecule has 1 aliphatic carbocycles. The minimum absolute atomic E-state index is 0.145. The van der Waals surface area contributed by atoms with Gasteiger partial charge in [0.25, 0.3) is 0 Å². The molecule has 1 fully saturated rings. The van der Waals surface area contributed by atoms with Crippen molar-refractivity contribution >= 4 is 17.6 Å². The summed E-state index contributed by atoms with van der Waals surface area (Å²) in [4.78, 5) is 16.5. The fourth-order valence-electron chi connectivity index (χ4n) is 3.03. The standard InChI is InChI=1S/C19H29N5O2/c1-6-12(2)15-11-17(24-16(23-15)7-8-20-24)21-13-9-14(10-13)22-18(25)26-19(3,4)5/h7-8,11-14,21H,6,9-10H2,1-5H3,(H,22,25)/t12?,13-,14-. The topological polar surface area (TPSA) is 80.5 Å². The fourth-order valence-corrected chi connectivity index (χ4v) is 3.03. The molecule has 1 saturated carbocycles. The van der Waals surface area contributed by atoms with E-state index >= 15 is 0 Å². The largest absolute Gasteiger partial charge is 0.444 e. The van der Waals surface area contributed by atoms with Crippen molar-refractivity contribution in [2.24, 2.45) is 0 Å². The number of aromatic nitrogens is 3. The maximum absolute atomic E-state index is 11.8. The van der Waals surface area contributed by atoms with E-state index in [1.807, 2.05) is 31.4 Å². The summed E-state index contributed by atoms with van der Waals surface area (Å²) in [7, 11) is 0. The van der Waals surface area contributed by atoms with Crippen LogP contribution in [0.2, 0.25) is 0 Å². The van der Waals surface area contributed by atoms with Gasteiger partial charge in [0.2, 0.25) is 0 Å². The van der Waals surface area contributed by atoms with Crippen molar-refractivity contribution in [3.63, 3.8) is 0 Å². The first-order chi connectivity index (χ1) is 12.2. The number of nitrogens with zero attached hydrogens (tertiary/aromatic N) is 3. The predicted octanol–water partition coefficient (Wildman–Crippen LogP) is 3.71. The Morgan fingerprint density at radius 1 is 1.38 bits per heavy atom. The van der Waals surface area contributed by atoms with Crippen molar-refractivity contribution in [2.75, 3.05) is 5.32 Å². The first-order valence-corrected chi connectivity index (χ1v) is 9.36. The third kappa shape index (κ3) is 4.26. The SMILES string of the molecule is CCC(C)c1cc(N[C@H]2C[C@H](NC(=O)OC(C)(C)C)C2)n2nccc2n1. The van der Waals surface area contributed by atoms with Gasteiger partial charge < -0.3 is 15.4 Å². The molecule has 0 aromatic carbocycles. The monoisotopic (exact) mass is 359 g/mol. The Kier molecular flexibility index (Phi) is 5.07.